The van der Waals surface area contributed by atoms with Gasteiger partial charge in [0.05, 0.1) is 9.77 Å². The van der Waals surface area contributed by atoms with Gasteiger partial charge in [0.15, 0.2) is 5.78 Å². The van der Waals surface area contributed by atoms with Crippen LogP contribution in [0.25, 0.3) is 5.57 Å². The summed E-state index contributed by atoms with van der Waals surface area (Å²) >= 11 is 2.93. The maximum Gasteiger partial charge on any atom is 0.195 e. The Balaban J connectivity index is 2.80. The molecule has 82 valence electrons. The number of carbonyl (C=O) groups is 1. The van der Waals surface area contributed by atoms with Gasteiger partial charge in [-0.1, -0.05) is 6.58 Å². The molecule has 0 N–H and O–H groups in total. The maximum absolute atomic E-state index is 12.0. The predicted octanol–water partition coefficient (Wildman–Crippen LogP) is 3.02. The van der Waals surface area contributed by atoms with Crippen molar-refractivity contribution in [3.8, 4) is 12.1 Å². The van der Waals surface area contributed by atoms with Crippen molar-refractivity contribution in [3.63, 3.8) is 0 Å². The quantitative estimate of drug-likeness (QED) is 0.441. The summed E-state index contributed by atoms with van der Waals surface area (Å²) in [6.45, 7) is 3.68. The summed E-state index contributed by atoms with van der Waals surface area (Å²) in [5.74, 6) is -0.177. The van der Waals surface area contributed by atoms with Crippen LogP contribution in [0, 0.1) is 22.7 Å². The fourth-order valence-electron chi connectivity index (χ4n) is 1.74. The highest BCUT2D eigenvalue weighted by Crippen LogP contribution is 2.45. The lowest BCUT2D eigenvalue weighted by molar-refractivity contribution is 0.104. The molecule has 5 heteroatoms. The Hall–Kier alpha value is -1.82. The van der Waals surface area contributed by atoms with Crippen molar-refractivity contribution < 1.29 is 4.79 Å². The van der Waals surface area contributed by atoms with Gasteiger partial charge in [0, 0.05) is 22.1 Å². The fraction of sp³-hybridized carbons (Fsp3) is 0.0833. The summed E-state index contributed by atoms with van der Waals surface area (Å²) in [7, 11) is 0. The normalized spacial score (nSPS) is 13.2. The molecule has 0 atom stereocenters. The van der Waals surface area contributed by atoms with Crippen molar-refractivity contribution in [2.45, 2.75) is 4.21 Å². The molecular formula is C12H6N2OS2. The summed E-state index contributed by atoms with van der Waals surface area (Å²) in [5, 5.41) is 19.6. The minimum Gasteiger partial charge on any atom is -0.289 e. The number of carbonyl (C=O) groups excluding carboxylic acids is 1. The Labute approximate surface area is 107 Å². The topological polar surface area (TPSA) is 64.7 Å². The van der Waals surface area contributed by atoms with E-state index in [1.165, 1.54) is 23.1 Å². The number of hydrogen-bond donors (Lipinski definition) is 0. The van der Waals surface area contributed by atoms with E-state index in [1.54, 1.807) is 5.38 Å². The number of hydrogen-bond acceptors (Lipinski definition) is 5. The third kappa shape index (κ3) is 1.52. The Bertz CT molecular complexity index is 637. The number of nitrogens with zero attached hydrogens (tertiary/aromatic N) is 2. The minimum absolute atomic E-state index is 0.0486. The molecule has 1 aliphatic carbocycles. The van der Waals surface area contributed by atoms with Crippen LogP contribution in [0.1, 0.15) is 15.9 Å². The van der Waals surface area contributed by atoms with E-state index >= 15 is 0 Å². The lowest BCUT2D eigenvalue weighted by Crippen LogP contribution is -1.94. The molecule has 1 aromatic rings. The minimum atomic E-state index is -0.177. The van der Waals surface area contributed by atoms with Gasteiger partial charge < -0.3 is 0 Å². The summed E-state index contributed by atoms with van der Waals surface area (Å²) in [4.78, 5) is 12.0. The Morgan fingerprint density at radius 2 is 2.12 bits per heavy atom. The first-order chi connectivity index (χ1) is 8.15. The highest BCUT2D eigenvalue weighted by molar-refractivity contribution is 8.00. The van der Waals surface area contributed by atoms with E-state index in [-0.39, 0.29) is 16.9 Å². The number of fused-ring (bicyclic) bond motifs is 1. The molecule has 0 bridgehead atoms. The van der Waals surface area contributed by atoms with E-state index in [0.29, 0.717) is 16.7 Å². The largest absolute Gasteiger partial charge is 0.289 e. The first kappa shape index (κ1) is 11.7. The molecule has 0 radical (unpaired) electrons. The van der Waals surface area contributed by atoms with Gasteiger partial charge in [-0.3, -0.25) is 4.79 Å². The zero-order valence-electron chi connectivity index (χ0n) is 8.90. The SMILES string of the molecule is C=C1C(=O)c2c(csc2SC)C1=C(C#N)C#N. The van der Waals surface area contributed by atoms with Gasteiger partial charge in [0.25, 0.3) is 0 Å². The molecule has 1 aromatic heterocycles. The Kier molecular flexibility index (Phi) is 2.89. The Morgan fingerprint density at radius 3 is 2.65 bits per heavy atom. The van der Waals surface area contributed by atoms with Gasteiger partial charge in [0.1, 0.15) is 17.7 Å². The average Bonchev–Trinajstić information content (AvgIpc) is 2.85. The third-order valence-corrected chi connectivity index (χ3v) is 4.62. The molecule has 1 aliphatic rings. The van der Waals surface area contributed by atoms with Crippen molar-refractivity contribution in [1.29, 1.82) is 10.5 Å². The number of Topliss-reactive ketones (excluding diaryl/α,β-unsaturated/α-hetero) is 1. The second-order valence-corrected chi connectivity index (χ2v) is 5.25. The van der Waals surface area contributed by atoms with Crippen LogP contribution in [0.15, 0.2) is 27.3 Å². The van der Waals surface area contributed by atoms with Crippen LogP contribution < -0.4 is 0 Å². The lowest BCUT2D eigenvalue weighted by Gasteiger charge is -1.96. The molecule has 0 aromatic carbocycles. The summed E-state index contributed by atoms with van der Waals surface area (Å²) in [6.07, 6.45) is 1.89. The highest BCUT2D eigenvalue weighted by Gasteiger charge is 2.34. The molecule has 0 saturated heterocycles. The zero-order chi connectivity index (χ0) is 12.6. The number of nitriles is 2. The first-order valence-corrected chi connectivity index (χ1v) is 6.70. The number of ketones is 1. The van der Waals surface area contributed by atoms with Crippen molar-refractivity contribution >= 4 is 34.5 Å². The van der Waals surface area contributed by atoms with Gasteiger partial charge >= 0.3 is 0 Å². The lowest BCUT2D eigenvalue weighted by atomic mass is 10.0. The van der Waals surface area contributed by atoms with Crippen LogP contribution in [0.2, 0.25) is 0 Å². The van der Waals surface area contributed by atoms with E-state index in [1.807, 2.05) is 18.4 Å². The third-order valence-electron chi connectivity index (χ3n) is 2.49. The summed E-state index contributed by atoms with van der Waals surface area (Å²) in [5.41, 5.74) is 1.85. The molecule has 17 heavy (non-hydrogen) atoms. The van der Waals surface area contributed by atoms with Crippen LogP contribution in [0.4, 0.5) is 0 Å². The van der Waals surface area contributed by atoms with Crippen molar-refractivity contribution in [1.82, 2.24) is 0 Å². The Morgan fingerprint density at radius 1 is 1.47 bits per heavy atom. The van der Waals surface area contributed by atoms with Gasteiger partial charge in [-0.2, -0.15) is 10.5 Å². The van der Waals surface area contributed by atoms with Crippen LogP contribution >= 0.6 is 23.1 Å². The fourth-order valence-corrected chi connectivity index (χ4v) is 3.46. The van der Waals surface area contributed by atoms with Crippen molar-refractivity contribution in [3.05, 3.63) is 34.2 Å². The number of thioether (sulfide) groups is 1. The van der Waals surface area contributed by atoms with Crippen molar-refractivity contribution in [2.24, 2.45) is 0 Å². The number of rotatable bonds is 1. The monoisotopic (exact) mass is 258 g/mol. The smallest absolute Gasteiger partial charge is 0.195 e. The number of thiophene rings is 1. The first-order valence-electron chi connectivity index (χ1n) is 4.60. The van der Waals surface area contributed by atoms with E-state index in [4.69, 9.17) is 10.5 Å². The average molecular weight is 258 g/mol. The number of allylic oxidation sites excluding steroid dienone is 3. The van der Waals surface area contributed by atoms with Gasteiger partial charge in [0.2, 0.25) is 0 Å². The molecule has 1 heterocycles. The van der Waals surface area contributed by atoms with Crippen molar-refractivity contribution in [2.75, 3.05) is 6.26 Å². The highest BCUT2D eigenvalue weighted by atomic mass is 32.2. The molecule has 3 nitrogen and oxygen atoms in total. The summed E-state index contributed by atoms with van der Waals surface area (Å²) < 4.78 is 0.899. The van der Waals surface area contributed by atoms with Crippen LogP contribution in [0.5, 0.6) is 0 Å². The maximum atomic E-state index is 12.0. The van der Waals surface area contributed by atoms with Crippen LogP contribution in [-0.4, -0.2) is 12.0 Å². The van der Waals surface area contributed by atoms with Gasteiger partial charge in [-0.25, -0.2) is 0 Å². The standard InChI is InChI=1S/C12H6N2OS2/c1-6-9(7(3-13)4-14)8-5-17-12(16-2)10(8)11(6)15/h5H,1H2,2H3. The summed E-state index contributed by atoms with van der Waals surface area (Å²) in [6, 6.07) is 3.63. The zero-order valence-corrected chi connectivity index (χ0v) is 10.5. The second-order valence-electron chi connectivity index (χ2n) is 3.30. The molecule has 2 rings (SSSR count). The molecule has 0 unspecified atom stereocenters. The second kappa shape index (κ2) is 4.21. The van der Waals surface area contributed by atoms with E-state index in [2.05, 4.69) is 6.58 Å². The molecule has 0 saturated carbocycles. The van der Waals surface area contributed by atoms with E-state index in [9.17, 15) is 4.79 Å². The predicted molar refractivity (Wildman–Crippen MR) is 67.7 cm³/mol. The molecule has 0 fully saturated rings. The molecule has 0 amide bonds. The van der Waals surface area contributed by atoms with Gasteiger partial charge in [-0.05, 0) is 6.26 Å². The molecular weight excluding hydrogens is 252 g/mol. The molecule has 0 aliphatic heterocycles. The molecule has 0 spiro atoms. The van der Waals surface area contributed by atoms with Crippen LogP contribution in [-0.2, 0) is 0 Å². The van der Waals surface area contributed by atoms with E-state index in [0.717, 1.165) is 4.21 Å². The van der Waals surface area contributed by atoms with Crippen LogP contribution in [0.3, 0.4) is 0 Å². The van der Waals surface area contributed by atoms with E-state index < -0.39 is 0 Å². The van der Waals surface area contributed by atoms with Gasteiger partial charge in [-0.15, -0.1) is 23.1 Å².